The Kier molecular flexibility index (Phi) is 4.45. The first-order chi connectivity index (χ1) is 7.90. The molecule has 1 rings (SSSR count). The van der Waals surface area contributed by atoms with Gasteiger partial charge in [0.05, 0.1) is 12.5 Å². The van der Waals surface area contributed by atoms with Crippen LogP contribution in [0.25, 0.3) is 0 Å². The summed E-state index contributed by atoms with van der Waals surface area (Å²) in [5.41, 5.74) is 10.4. The van der Waals surface area contributed by atoms with E-state index in [2.05, 4.69) is 0 Å². The van der Waals surface area contributed by atoms with E-state index < -0.39 is 17.7 Å². The fourth-order valence-corrected chi connectivity index (χ4v) is 1.91. The number of nitrogens with zero attached hydrogens (tertiary/aromatic N) is 2. The second-order valence-corrected chi connectivity index (χ2v) is 4.27. The molecule has 0 aromatic rings. The van der Waals surface area contributed by atoms with E-state index in [1.54, 1.807) is 9.80 Å². The van der Waals surface area contributed by atoms with Crippen LogP contribution in [0.4, 0.5) is 0 Å². The zero-order chi connectivity index (χ0) is 13.0. The van der Waals surface area contributed by atoms with Crippen molar-refractivity contribution in [2.45, 2.75) is 6.92 Å². The first-order valence-electron chi connectivity index (χ1n) is 5.45. The molecule has 0 radical (unpaired) electrons. The summed E-state index contributed by atoms with van der Waals surface area (Å²) in [5.74, 6) is -1.48. The lowest BCUT2D eigenvalue weighted by atomic mass is 10.1. The Bertz CT molecular complexity index is 332. The predicted molar refractivity (Wildman–Crippen MR) is 60.6 cm³/mol. The lowest BCUT2D eigenvalue weighted by molar-refractivity contribution is -0.130. The van der Waals surface area contributed by atoms with Crippen molar-refractivity contribution < 1.29 is 14.4 Å². The van der Waals surface area contributed by atoms with E-state index in [1.807, 2.05) is 0 Å². The Labute approximate surface area is 99.7 Å². The van der Waals surface area contributed by atoms with E-state index in [0.717, 1.165) is 0 Å². The second kappa shape index (κ2) is 5.62. The quantitative estimate of drug-likeness (QED) is 0.582. The van der Waals surface area contributed by atoms with Gasteiger partial charge < -0.3 is 16.4 Å². The Morgan fingerprint density at radius 3 is 2.29 bits per heavy atom. The molecule has 1 fully saturated rings. The molecule has 7 heteroatoms. The Hall–Kier alpha value is -1.63. The molecular weight excluding hydrogens is 224 g/mol. The molecule has 17 heavy (non-hydrogen) atoms. The third kappa shape index (κ3) is 4.03. The number of rotatable bonds is 3. The third-order valence-corrected chi connectivity index (χ3v) is 2.83. The molecular formula is C10H18N4O3. The molecule has 0 spiro atoms. The highest BCUT2D eigenvalue weighted by atomic mass is 16.2. The maximum absolute atomic E-state index is 11.3. The highest BCUT2D eigenvalue weighted by molar-refractivity contribution is 5.79. The Balaban J connectivity index is 2.73. The van der Waals surface area contributed by atoms with Gasteiger partial charge in [0.1, 0.15) is 0 Å². The van der Waals surface area contributed by atoms with Crippen LogP contribution in [0.2, 0.25) is 0 Å². The number of carbonyl (C=O) groups excluding carboxylic acids is 3. The zero-order valence-electron chi connectivity index (χ0n) is 9.89. The molecule has 3 amide bonds. The molecule has 0 unspecified atom stereocenters. The van der Waals surface area contributed by atoms with Crippen LogP contribution in [0.15, 0.2) is 0 Å². The van der Waals surface area contributed by atoms with Gasteiger partial charge in [0.15, 0.2) is 0 Å². The topological polar surface area (TPSA) is 110 Å². The number of carbonyl (C=O) groups is 3. The predicted octanol–water partition coefficient (Wildman–Crippen LogP) is -2.26. The number of hydrogen-bond acceptors (Lipinski definition) is 4. The molecule has 1 aliphatic heterocycles. The number of nitrogens with two attached hydrogens (primary N) is 2. The average Bonchev–Trinajstić information content (AvgIpc) is 2.39. The Morgan fingerprint density at radius 2 is 1.82 bits per heavy atom. The fraction of sp³-hybridized carbons (Fsp3) is 0.700. The summed E-state index contributed by atoms with van der Waals surface area (Å²) < 4.78 is 0. The fourth-order valence-electron chi connectivity index (χ4n) is 1.91. The van der Waals surface area contributed by atoms with Crippen LogP contribution >= 0.6 is 0 Å². The molecule has 96 valence electrons. The second-order valence-electron chi connectivity index (χ2n) is 4.27. The molecule has 0 aromatic carbocycles. The summed E-state index contributed by atoms with van der Waals surface area (Å²) >= 11 is 0. The minimum absolute atomic E-state index is 0.0789. The van der Waals surface area contributed by atoms with Gasteiger partial charge in [0, 0.05) is 33.1 Å². The van der Waals surface area contributed by atoms with Crippen LogP contribution in [0.1, 0.15) is 6.92 Å². The SMILES string of the molecule is CC(=O)N1CCN(CC(N)=O)C[C@@H](C(N)=O)C1. The summed E-state index contributed by atoms with van der Waals surface area (Å²) in [6, 6.07) is 0. The van der Waals surface area contributed by atoms with E-state index in [4.69, 9.17) is 11.5 Å². The zero-order valence-corrected chi connectivity index (χ0v) is 9.89. The lowest BCUT2D eigenvalue weighted by Gasteiger charge is -2.20. The minimum atomic E-state index is -0.465. The summed E-state index contributed by atoms with van der Waals surface area (Å²) in [7, 11) is 0. The first-order valence-corrected chi connectivity index (χ1v) is 5.45. The summed E-state index contributed by atoms with van der Waals surface area (Å²) in [5, 5.41) is 0. The van der Waals surface area contributed by atoms with Crippen molar-refractivity contribution in [3.05, 3.63) is 0 Å². The molecule has 0 aromatic heterocycles. The average molecular weight is 242 g/mol. The third-order valence-electron chi connectivity index (χ3n) is 2.83. The van der Waals surface area contributed by atoms with Crippen LogP contribution in [-0.2, 0) is 14.4 Å². The number of amides is 3. The van der Waals surface area contributed by atoms with Gasteiger partial charge in [-0.05, 0) is 0 Å². The molecule has 1 atom stereocenters. The summed E-state index contributed by atoms with van der Waals surface area (Å²) in [6.45, 7) is 3.19. The van der Waals surface area contributed by atoms with E-state index >= 15 is 0 Å². The molecule has 0 bridgehead atoms. The number of primary amides is 2. The minimum Gasteiger partial charge on any atom is -0.369 e. The highest BCUT2D eigenvalue weighted by Crippen LogP contribution is 2.09. The number of hydrogen-bond donors (Lipinski definition) is 2. The Morgan fingerprint density at radius 1 is 1.18 bits per heavy atom. The molecule has 1 aliphatic rings. The maximum atomic E-state index is 11.3. The van der Waals surface area contributed by atoms with Crippen molar-refractivity contribution in [3.63, 3.8) is 0 Å². The lowest BCUT2D eigenvalue weighted by Crippen LogP contribution is -2.41. The van der Waals surface area contributed by atoms with Crippen molar-refractivity contribution in [1.82, 2.24) is 9.80 Å². The van der Waals surface area contributed by atoms with Gasteiger partial charge in [-0.15, -0.1) is 0 Å². The van der Waals surface area contributed by atoms with Gasteiger partial charge in [-0.1, -0.05) is 0 Å². The molecule has 0 aliphatic carbocycles. The smallest absolute Gasteiger partial charge is 0.231 e. The van der Waals surface area contributed by atoms with Crippen molar-refractivity contribution in [3.8, 4) is 0 Å². The van der Waals surface area contributed by atoms with Crippen LogP contribution < -0.4 is 11.5 Å². The van der Waals surface area contributed by atoms with Crippen molar-refractivity contribution in [1.29, 1.82) is 0 Å². The van der Waals surface area contributed by atoms with Crippen molar-refractivity contribution in [2.75, 3.05) is 32.7 Å². The van der Waals surface area contributed by atoms with E-state index in [9.17, 15) is 14.4 Å². The molecule has 0 saturated carbocycles. The normalized spacial score (nSPS) is 21.9. The van der Waals surface area contributed by atoms with Gasteiger partial charge in [-0.3, -0.25) is 19.3 Å². The van der Waals surface area contributed by atoms with E-state index in [-0.39, 0.29) is 12.5 Å². The molecule has 7 nitrogen and oxygen atoms in total. The van der Waals surface area contributed by atoms with Gasteiger partial charge in [0.25, 0.3) is 0 Å². The van der Waals surface area contributed by atoms with Gasteiger partial charge in [0.2, 0.25) is 17.7 Å². The largest absolute Gasteiger partial charge is 0.369 e. The van der Waals surface area contributed by atoms with Crippen molar-refractivity contribution >= 4 is 17.7 Å². The van der Waals surface area contributed by atoms with Gasteiger partial charge >= 0.3 is 0 Å². The van der Waals surface area contributed by atoms with E-state index in [0.29, 0.717) is 26.2 Å². The van der Waals surface area contributed by atoms with Crippen LogP contribution in [0.5, 0.6) is 0 Å². The van der Waals surface area contributed by atoms with Crippen molar-refractivity contribution in [2.24, 2.45) is 17.4 Å². The van der Waals surface area contributed by atoms with E-state index in [1.165, 1.54) is 6.92 Å². The first kappa shape index (κ1) is 13.4. The van der Waals surface area contributed by atoms with Crippen LogP contribution in [-0.4, -0.2) is 60.2 Å². The molecule has 4 N–H and O–H groups in total. The monoisotopic (exact) mass is 242 g/mol. The van der Waals surface area contributed by atoms with Crippen LogP contribution in [0.3, 0.4) is 0 Å². The molecule has 1 heterocycles. The molecule has 1 saturated heterocycles. The standard InChI is InChI=1S/C10H18N4O3/c1-7(15)14-3-2-13(6-9(11)16)4-8(5-14)10(12)17/h8H,2-6H2,1H3,(H2,11,16)(H2,12,17)/t8-/m1/s1. The summed E-state index contributed by atoms with van der Waals surface area (Å²) in [6.07, 6.45) is 0. The highest BCUT2D eigenvalue weighted by Gasteiger charge is 2.27. The van der Waals surface area contributed by atoms with Gasteiger partial charge in [-0.2, -0.15) is 0 Å². The summed E-state index contributed by atoms with van der Waals surface area (Å²) in [4.78, 5) is 36.7. The maximum Gasteiger partial charge on any atom is 0.231 e. The van der Waals surface area contributed by atoms with Gasteiger partial charge in [-0.25, -0.2) is 0 Å². The van der Waals surface area contributed by atoms with Crippen LogP contribution in [0, 0.1) is 5.92 Å².